The van der Waals surface area contributed by atoms with E-state index in [1.54, 1.807) is 24.5 Å². The fourth-order valence-corrected chi connectivity index (χ4v) is 2.17. The van der Waals surface area contributed by atoms with E-state index in [9.17, 15) is 10.1 Å². The van der Waals surface area contributed by atoms with Crippen molar-refractivity contribution in [2.45, 2.75) is 19.9 Å². The van der Waals surface area contributed by atoms with E-state index in [1.807, 2.05) is 12.3 Å². The first-order valence-corrected chi connectivity index (χ1v) is 6.23. The summed E-state index contributed by atoms with van der Waals surface area (Å²) < 4.78 is 0. The smallest absolute Gasteiger partial charge is 0.287 e. The number of aryl methyl sites for hydroxylation is 1. The van der Waals surface area contributed by atoms with E-state index in [4.69, 9.17) is 0 Å². The molecule has 1 N–H and O–H groups in total. The maximum Gasteiger partial charge on any atom is 0.287 e. The molecule has 7 heteroatoms. The summed E-state index contributed by atoms with van der Waals surface area (Å²) >= 11 is 1.55. The van der Waals surface area contributed by atoms with Gasteiger partial charge in [-0.2, -0.15) is 0 Å². The number of thiazole rings is 1. The third kappa shape index (κ3) is 2.62. The molecule has 1 unspecified atom stereocenters. The van der Waals surface area contributed by atoms with Crippen LogP contribution >= 0.6 is 11.3 Å². The van der Waals surface area contributed by atoms with E-state index in [-0.39, 0.29) is 11.7 Å². The van der Waals surface area contributed by atoms with Gasteiger partial charge in [-0.3, -0.25) is 10.1 Å². The number of nitrogens with zero attached hydrogens (tertiary/aromatic N) is 3. The van der Waals surface area contributed by atoms with Crippen LogP contribution in [-0.2, 0) is 0 Å². The van der Waals surface area contributed by atoms with Gasteiger partial charge < -0.3 is 5.32 Å². The summed E-state index contributed by atoms with van der Waals surface area (Å²) in [5.74, 6) is 0.642. The van der Waals surface area contributed by atoms with Gasteiger partial charge in [0, 0.05) is 17.6 Å². The summed E-state index contributed by atoms with van der Waals surface area (Å²) in [6, 6.07) is 1.53. The molecule has 0 saturated heterocycles. The highest BCUT2D eigenvalue weighted by atomic mass is 32.1. The lowest BCUT2D eigenvalue weighted by Gasteiger charge is -2.13. The lowest BCUT2D eigenvalue weighted by molar-refractivity contribution is -0.385. The molecule has 0 amide bonds. The summed E-state index contributed by atoms with van der Waals surface area (Å²) in [6.07, 6.45) is 3.00. The quantitative estimate of drug-likeness (QED) is 0.678. The minimum atomic E-state index is -0.450. The van der Waals surface area contributed by atoms with Crippen molar-refractivity contribution in [1.29, 1.82) is 0 Å². The molecule has 0 fully saturated rings. The second-order valence-corrected chi connectivity index (χ2v) is 4.78. The van der Waals surface area contributed by atoms with E-state index in [1.165, 1.54) is 12.3 Å². The van der Waals surface area contributed by atoms with Crippen LogP contribution in [0.4, 0.5) is 11.5 Å². The molecule has 0 radical (unpaired) electrons. The van der Waals surface area contributed by atoms with Crippen molar-refractivity contribution in [2.75, 3.05) is 5.32 Å². The van der Waals surface area contributed by atoms with Gasteiger partial charge >= 0.3 is 0 Å². The van der Waals surface area contributed by atoms with Crippen LogP contribution in [0.5, 0.6) is 0 Å². The van der Waals surface area contributed by atoms with Crippen LogP contribution in [0.25, 0.3) is 0 Å². The molecule has 2 aromatic heterocycles. The van der Waals surface area contributed by atoms with Crippen LogP contribution < -0.4 is 5.32 Å². The summed E-state index contributed by atoms with van der Waals surface area (Å²) in [4.78, 5) is 18.4. The number of pyridine rings is 1. The molecule has 0 aliphatic carbocycles. The van der Waals surface area contributed by atoms with Crippen molar-refractivity contribution in [3.05, 3.63) is 44.5 Å². The Balaban J connectivity index is 2.17. The van der Waals surface area contributed by atoms with Crippen LogP contribution in [0, 0.1) is 17.0 Å². The third-order valence-electron chi connectivity index (χ3n) is 2.45. The fourth-order valence-electron chi connectivity index (χ4n) is 1.53. The monoisotopic (exact) mass is 264 g/mol. The maximum atomic E-state index is 10.6. The van der Waals surface area contributed by atoms with Crippen molar-refractivity contribution in [3.63, 3.8) is 0 Å². The molecule has 0 bridgehead atoms. The van der Waals surface area contributed by atoms with E-state index in [0.717, 1.165) is 10.6 Å². The van der Waals surface area contributed by atoms with Gasteiger partial charge in [-0.25, -0.2) is 9.97 Å². The Bertz CT molecular complexity index is 556. The second-order valence-electron chi connectivity index (χ2n) is 3.85. The van der Waals surface area contributed by atoms with Gasteiger partial charge in [-0.05, 0) is 19.4 Å². The van der Waals surface area contributed by atoms with E-state index < -0.39 is 4.92 Å². The number of aromatic nitrogens is 2. The number of rotatable bonds is 4. The van der Waals surface area contributed by atoms with E-state index >= 15 is 0 Å². The number of nitrogens with one attached hydrogen (secondary N) is 1. The Hall–Kier alpha value is -2.02. The molecule has 0 aromatic carbocycles. The van der Waals surface area contributed by atoms with Crippen LogP contribution in [-0.4, -0.2) is 14.9 Å². The number of anilines is 1. The molecule has 1 atom stereocenters. The molecular formula is C11H12N4O2S. The lowest BCUT2D eigenvalue weighted by Crippen LogP contribution is -2.09. The SMILES string of the molecule is Cc1cc([N+](=O)[O-])cnc1NC(C)c1nccs1. The van der Waals surface area contributed by atoms with Crippen molar-refractivity contribution in [1.82, 2.24) is 9.97 Å². The van der Waals surface area contributed by atoms with Gasteiger partial charge in [0.1, 0.15) is 17.0 Å². The van der Waals surface area contributed by atoms with Gasteiger partial charge in [-0.1, -0.05) is 0 Å². The molecule has 0 saturated carbocycles. The molecule has 18 heavy (non-hydrogen) atoms. The summed E-state index contributed by atoms with van der Waals surface area (Å²) in [6.45, 7) is 3.76. The lowest BCUT2D eigenvalue weighted by atomic mass is 10.2. The first kappa shape index (κ1) is 12.4. The Labute approximate surface area is 108 Å². The Morgan fingerprint density at radius 3 is 2.83 bits per heavy atom. The highest BCUT2D eigenvalue weighted by Crippen LogP contribution is 2.23. The highest BCUT2D eigenvalue weighted by molar-refractivity contribution is 7.09. The van der Waals surface area contributed by atoms with Gasteiger partial charge in [0.15, 0.2) is 0 Å². The average molecular weight is 264 g/mol. The summed E-state index contributed by atoms with van der Waals surface area (Å²) in [5, 5.41) is 16.7. The Morgan fingerprint density at radius 2 is 2.28 bits per heavy atom. The standard InChI is InChI=1S/C11H12N4O2S/c1-7-5-9(15(16)17)6-13-10(7)14-8(2)11-12-3-4-18-11/h3-6,8H,1-2H3,(H,13,14). The highest BCUT2D eigenvalue weighted by Gasteiger charge is 2.13. The van der Waals surface area contributed by atoms with Crippen LogP contribution in [0.2, 0.25) is 0 Å². The molecule has 6 nitrogen and oxygen atoms in total. The predicted octanol–water partition coefficient (Wildman–Crippen LogP) is 2.93. The van der Waals surface area contributed by atoms with Crippen LogP contribution in [0.3, 0.4) is 0 Å². The number of hydrogen-bond donors (Lipinski definition) is 1. The zero-order valence-electron chi connectivity index (χ0n) is 9.95. The Morgan fingerprint density at radius 1 is 1.50 bits per heavy atom. The summed E-state index contributed by atoms with van der Waals surface area (Å²) in [7, 11) is 0. The van der Waals surface area contributed by atoms with E-state index in [0.29, 0.717) is 5.82 Å². The molecule has 0 aliphatic rings. The van der Waals surface area contributed by atoms with Crippen LogP contribution in [0.15, 0.2) is 23.8 Å². The third-order valence-corrected chi connectivity index (χ3v) is 3.41. The molecule has 2 rings (SSSR count). The predicted molar refractivity (Wildman–Crippen MR) is 69.8 cm³/mol. The first-order chi connectivity index (χ1) is 8.58. The normalized spacial score (nSPS) is 12.1. The molecular weight excluding hydrogens is 252 g/mol. The maximum absolute atomic E-state index is 10.6. The zero-order valence-corrected chi connectivity index (χ0v) is 10.8. The molecule has 0 spiro atoms. The molecule has 94 valence electrons. The second kappa shape index (κ2) is 5.09. The fraction of sp³-hybridized carbons (Fsp3) is 0.273. The van der Waals surface area contributed by atoms with Crippen molar-refractivity contribution in [2.24, 2.45) is 0 Å². The molecule has 2 heterocycles. The van der Waals surface area contributed by atoms with Gasteiger partial charge in [0.2, 0.25) is 0 Å². The van der Waals surface area contributed by atoms with Crippen LogP contribution in [0.1, 0.15) is 23.5 Å². The van der Waals surface area contributed by atoms with Gasteiger partial charge in [0.25, 0.3) is 5.69 Å². The average Bonchev–Trinajstić information content (AvgIpc) is 2.85. The van der Waals surface area contributed by atoms with Gasteiger partial charge in [-0.15, -0.1) is 11.3 Å². The summed E-state index contributed by atoms with van der Waals surface area (Å²) in [5.41, 5.74) is 0.743. The van der Waals surface area contributed by atoms with Crippen molar-refractivity contribution < 1.29 is 4.92 Å². The van der Waals surface area contributed by atoms with E-state index in [2.05, 4.69) is 15.3 Å². The van der Waals surface area contributed by atoms with Crippen molar-refractivity contribution >= 4 is 22.8 Å². The minimum Gasteiger partial charge on any atom is -0.361 e. The number of nitro groups is 1. The molecule has 2 aromatic rings. The Kier molecular flexibility index (Phi) is 3.52. The van der Waals surface area contributed by atoms with Crippen molar-refractivity contribution in [3.8, 4) is 0 Å². The number of hydrogen-bond acceptors (Lipinski definition) is 6. The largest absolute Gasteiger partial charge is 0.361 e. The topological polar surface area (TPSA) is 81.0 Å². The zero-order chi connectivity index (χ0) is 13.1. The minimum absolute atomic E-state index is 0.0000447. The van der Waals surface area contributed by atoms with Gasteiger partial charge in [0.05, 0.1) is 11.0 Å². The molecule has 0 aliphatic heterocycles. The first-order valence-electron chi connectivity index (χ1n) is 5.35.